The van der Waals surface area contributed by atoms with E-state index in [1.807, 2.05) is 24.3 Å². The maximum Gasteiger partial charge on any atom is 0.130 e. The van der Waals surface area contributed by atoms with Gasteiger partial charge >= 0.3 is 0 Å². The second-order valence-electron chi connectivity index (χ2n) is 4.55. The molecule has 2 nitrogen and oxygen atoms in total. The normalized spacial score (nSPS) is 10.5. The van der Waals surface area contributed by atoms with E-state index in [1.54, 1.807) is 6.92 Å². The zero-order valence-corrected chi connectivity index (χ0v) is 10.3. The lowest BCUT2D eigenvalue weighted by molar-refractivity contribution is -0.116. The Morgan fingerprint density at radius 1 is 1.38 bits per heavy atom. The Kier molecular flexibility index (Phi) is 5.03. The highest BCUT2D eigenvalue weighted by molar-refractivity contribution is 5.75. The number of hydrogen-bond donors (Lipinski definition) is 0. The number of Topliss-reactive ketones (excluding diaryl/α,β-unsaturated/α-hetero) is 1. The largest absolute Gasteiger partial charge is 0.493 e. The molecule has 2 heteroatoms. The lowest BCUT2D eigenvalue weighted by atomic mass is 10.1. The van der Waals surface area contributed by atoms with Crippen molar-refractivity contribution in [1.29, 1.82) is 0 Å². The predicted molar refractivity (Wildman–Crippen MR) is 65.8 cm³/mol. The first-order valence-electron chi connectivity index (χ1n) is 5.79. The number of aryl methyl sites for hydroxylation is 1. The van der Waals surface area contributed by atoms with E-state index < -0.39 is 0 Å². The molecule has 0 heterocycles. The Hall–Kier alpha value is -1.31. The van der Waals surface area contributed by atoms with Crippen LogP contribution in [0, 0.1) is 5.92 Å². The van der Waals surface area contributed by atoms with Crippen LogP contribution in [0.5, 0.6) is 5.75 Å². The number of ketones is 1. The number of benzene rings is 1. The van der Waals surface area contributed by atoms with Crippen LogP contribution in [0.25, 0.3) is 0 Å². The van der Waals surface area contributed by atoms with Gasteiger partial charge in [-0.1, -0.05) is 26.0 Å². The van der Waals surface area contributed by atoms with Crippen molar-refractivity contribution in [2.24, 2.45) is 5.92 Å². The molecule has 0 aromatic heterocycles. The Balaban J connectivity index is 2.53. The SMILES string of the molecule is CC(=O)CCc1cccc(OCC(C)C)c1. The van der Waals surface area contributed by atoms with Crippen LogP contribution in [0.4, 0.5) is 0 Å². The van der Waals surface area contributed by atoms with E-state index >= 15 is 0 Å². The number of rotatable bonds is 6. The van der Waals surface area contributed by atoms with Crippen molar-refractivity contribution >= 4 is 5.78 Å². The molecule has 16 heavy (non-hydrogen) atoms. The molecule has 0 saturated heterocycles. The van der Waals surface area contributed by atoms with Crippen LogP contribution >= 0.6 is 0 Å². The summed E-state index contributed by atoms with van der Waals surface area (Å²) >= 11 is 0. The van der Waals surface area contributed by atoms with Crippen LogP contribution in [0.2, 0.25) is 0 Å². The molecular weight excluding hydrogens is 200 g/mol. The smallest absolute Gasteiger partial charge is 0.130 e. The van der Waals surface area contributed by atoms with Gasteiger partial charge in [0, 0.05) is 6.42 Å². The first-order valence-corrected chi connectivity index (χ1v) is 5.79. The van der Waals surface area contributed by atoms with Crippen LogP contribution in [-0.4, -0.2) is 12.4 Å². The van der Waals surface area contributed by atoms with E-state index in [-0.39, 0.29) is 5.78 Å². The Labute approximate surface area is 97.6 Å². The summed E-state index contributed by atoms with van der Waals surface area (Å²) in [7, 11) is 0. The highest BCUT2D eigenvalue weighted by Gasteiger charge is 2.00. The molecule has 0 unspecified atom stereocenters. The van der Waals surface area contributed by atoms with Gasteiger partial charge < -0.3 is 9.53 Å². The quantitative estimate of drug-likeness (QED) is 0.735. The van der Waals surface area contributed by atoms with E-state index in [0.717, 1.165) is 24.3 Å². The molecule has 0 N–H and O–H groups in total. The molecule has 88 valence electrons. The summed E-state index contributed by atoms with van der Waals surface area (Å²) < 4.78 is 5.63. The minimum absolute atomic E-state index is 0.230. The molecule has 0 fully saturated rings. The fraction of sp³-hybridized carbons (Fsp3) is 0.500. The highest BCUT2D eigenvalue weighted by Crippen LogP contribution is 2.15. The van der Waals surface area contributed by atoms with Gasteiger partial charge in [-0.15, -0.1) is 0 Å². The number of carbonyl (C=O) groups excluding carboxylic acids is 1. The Morgan fingerprint density at radius 3 is 2.75 bits per heavy atom. The van der Waals surface area contributed by atoms with E-state index in [0.29, 0.717) is 12.3 Å². The molecule has 1 rings (SSSR count). The number of carbonyl (C=O) groups is 1. The van der Waals surface area contributed by atoms with Crippen LogP contribution in [0.3, 0.4) is 0 Å². The number of hydrogen-bond acceptors (Lipinski definition) is 2. The van der Waals surface area contributed by atoms with Gasteiger partial charge in [0.1, 0.15) is 11.5 Å². The molecule has 0 amide bonds. The Bertz CT molecular complexity index is 342. The Morgan fingerprint density at radius 2 is 2.12 bits per heavy atom. The van der Waals surface area contributed by atoms with Gasteiger partial charge in [-0.25, -0.2) is 0 Å². The van der Waals surface area contributed by atoms with Gasteiger partial charge in [0.15, 0.2) is 0 Å². The van der Waals surface area contributed by atoms with Crippen molar-refractivity contribution in [3.63, 3.8) is 0 Å². The summed E-state index contributed by atoms with van der Waals surface area (Å²) in [5.41, 5.74) is 1.16. The molecule has 0 bridgehead atoms. The minimum Gasteiger partial charge on any atom is -0.493 e. The van der Waals surface area contributed by atoms with Gasteiger partial charge in [0.2, 0.25) is 0 Å². The predicted octanol–water partition coefficient (Wildman–Crippen LogP) is 3.24. The summed E-state index contributed by atoms with van der Waals surface area (Å²) in [6.45, 7) is 6.61. The average Bonchev–Trinajstić information content (AvgIpc) is 2.24. The first kappa shape index (κ1) is 12.8. The summed E-state index contributed by atoms with van der Waals surface area (Å²) in [5.74, 6) is 1.66. The van der Waals surface area contributed by atoms with Gasteiger partial charge in [0.25, 0.3) is 0 Å². The van der Waals surface area contributed by atoms with Crippen molar-refractivity contribution in [2.45, 2.75) is 33.6 Å². The summed E-state index contributed by atoms with van der Waals surface area (Å²) in [4.78, 5) is 10.9. The minimum atomic E-state index is 0.230. The molecule has 0 aliphatic carbocycles. The highest BCUT2D eigenvalue weighted by atomic mass is 16.5. The van der Waals surface area contributed by atoms with Gasteiger partial charge in [-0.2, -0.15) is 0 Å². The van der Waals surface area contributed by atoms with Crippen LogP contribution in [0.15, 0.2) is 24.3 Å². The van der Waals surface area contributed by atoms with E-state index in [4.69, 9.17) is 4.74 Å². The van der Waals surface area contributed by atoms with Gasteiger partial charge in [-0.3, -0.25) is 0 Å². The third-order valence-electron chi connectivity index (χ3n) is 2.25. The van der Waals surface area contributed by atoms with Crippen molar-refractivity contribution in [2.75, 3.05) is 6.61 Å². The molecule has 0 aliphatic heterocycles. The van der Waals surface area contributed by atoms with E-state index in [1.165, 1.54) is 0 Å². The standard InChI is InChI=1S/C14H20O2/c1-11(2)10-16-14-6-4-5-13(9-14)8-7-12(3)15/h4-6,9,11H,7-8,10H2,1-3H3. The van der Waals surface area contributed by atoms with Gasteiger partial charge in [0.05, 0.1) is 6.61 Å². The maximum absolute atomic E-state index is 10.9. The summed E-state index contributed by atoms with van der Waals surface area (Å²) in [6.07, 6.45) is 1.40. The van der Waals surface area contributed by atoms with Crippen LogP contribution in [-0.2, 0) is 11.2 Å². The zero-order valence-electron chi connectivity index (χ0n) is 10.3. The van der Waals surface area contributed by atoms with Crippen molar-refractivity contribution < 1.29 is 9.53 Å². The van der Waals surface area contributed by atoms with Crippen molar-refractivity contribution in [3.8, 4) is 5.75 Å². The topological polar surface area (TPSA) is 26.3 Å². The second-order valence-corrected chi connectivity index (χ2v) is 4.55. The molecule has 1 aromatic carbocycles. The fourth-order valence-corrected chi connectivity index (χ4v) is 1.37. The lowest BCUT2D eigenvalue weighted by Crippen LogP contribution is -2.04. The molecule has 0 atom stereocenters. The zero-order chi connectivity index (χ0) is 12.0. The number of ether oxygens (including phenoxy) is 1. The lowest BCUT2D eigenvalue weighted by Gasteiger charge is -2.09. The summed E-state index contributed by atoms with van der Waals surface area (Å²) in [5, 5.41) is 0. The summed E-state index contributed by atoms with van der Waals surface area (Å²) in [6, 6.07) is 7.99. The van der Waals surface area contributed by atoms with Gasteiger partial charge in [-0.05, 0) is 37.0 Å². The fourth-order valence-electron chi connectivity index (χ4n) is 1.37. The maximum atomic E-state index is 10.9. The van der Waals surface area contributed by atoms with E-state index in [9.17, 15) is 4.79 Å². The first-order chi connectivity index (χ1) is 7.58. The molecule has 0 radical (unpaired) electrons. The second kappa shape index (κ2) is 6.31. The monoisotopic (exact) mass is 220 g/mol. The molecule has 1 aromatic rings. The van der Waals surface area contributed by atoms with E-state index in [2.05, 4.69) is 13.8 Å². The third kappa shape index (κ3) is 4.96. The molecule has 0 saturated carbocycles. The van der Waals surface area contributed by atoms with Crippen molar-refractivity contribution in [3.05, 3.63) is 29.8 Å². The molecule has 0 spiro atoms. The molecular formula is C14H20O2. The third-order valence-corrected chi connectivity index (χ3v) is 2.25. The average molecular weight is 220 g/mol. The van der Waals surface area contributed by atoms with Crippen molar-refractivity contribution in [1.82, 2.24) is 0 Å². The van der Waals surface area contributed by atoms with Crippen LogP contribution < -0.4 is 4.74 Å². The van der Waals surface area contributed by atoms with Crippen LogP contribution in [0.1, 0.15) is 32.8 Å². The molecule has 0 aliphatic rings.